The number of fused-ring (bicyclic) bond motifs is 3. The van der Waals surface area contributed by atoms with Gasteiger partial charge in [0.25, 0.3) is 5.56 Å². The van der Waals surface area contributed by atoms with Gasteiger partial charge in [-0.2, -0.15) is 4.31 Å². The Balaban J connectivity index is 1.26. The summed E-state index contributed by atoms with van der Waals surface area (Å²) in [6.07, 6.45) is 3.14. The molecule has 2 aromatic heterocycles. The van der Waals surface area contributed by atoms with E-state index in [4.69, 9.17) is 4.98 Å². The third kappa shape index (κ3) is 3.91. The molecule has 1 aliphatic heterocycles. The Morgan fingerprint density at radius 3 is 2.56 bits per heavy atom. The summed E-state index contributed by atoms with van der Waals surface area (Å²) in [4.78, 5) is 24.1. The molecule has 0 spiro atoms. The number of piperazine rings is 1. The molecule has 9 heteroatoms. The van der Waals surface area contributed by atoms with Gasteiger partial charge >= 0.3 is 0 Å². The number of aromatic amines is 1. The van der Waals surface area contributed by atoms with Crippen LogP contribution in [0.25, 0.3) is 10.2 Å². The largest absolute Gasteiger partial charge is 0.326 e. The maximum absolute atomic E-state index is 13.1. The van der Waals surface area contributed by atoms with Gasteiger partial charge in [-0.25, -0.2) is 13.4 Å². The molecular formula is C23H29N4O3S2+. The molecule has 0 bridgehead atoms. The second-order valence-corrected chi connectivity index (χ2v) is 12.1. The number of hydrogen-bond acceptors (Lipinski definition) is 5. The number of benzene rings is 1. The number of aryl methyl sites for hydroxylation is 2. The van der Waals surface area contributed by atoms with Crippen molar-refractivity contribution < 1.29 is 13.3 Å². The summed E-state index contributed by atoms with van der Waals surface area (Å²) in [5, 5.41) is 0.778. The van der Waals surface area contributed by atoms with Crippen LogP contribution in [0.5, 0.6) is 0 Å². The predicted octanol–water partition coefficient (Wildman–Crippen LogP) is 1.69. The minimum absolute atomic E-state index is 0.0325. The molecule has 1 aliphatic carbocycles. The number of sulfonamides is 1. The minimum atomic E-state index is -3.49. The summed E-state index contributed by atoms with van der Waals surface area (Å²) in [5.41, 5.74) is 2.29. The van der Waals surface area contributed by atoms with Crippen LogP contribution in [0.2, 0.25) is 0 Å². The molecule has 3 aromatic rings. The number of nitrogens with one attached hydrogen (secondary N) is 2. The van der Waals surface area contributed by atoms with Crippen LogP contribution in [-0.2, 0) is 29.4 Å². The van der Waals surface area contributed by atoms with Crippen LogP contribution in [0.4, 0.5) is 0 Å². The maximum atomic E-state index is 13.1. The molecule has 2 N–H and O–H groups in total. The van der Waals surface area contributed by atoms with E-state index in [1.165, 1.54) is 15.3 Å². The Hall–Kier alpha value is -2.07. The quantitative estimate of drug-likeness (QED) is 0.590. The molecule has 3 heterocycles. The lowest BCUT2D eigenvalue weighted by atomic mass is 10.0. The van der Waals surface area contributed by atoms with Gasteiger partial charge in [-0.05, 0) is 48.4 Å². The summed E-state index contributed by atoms with van der Waals surface area (Å²) in [5.74, 6) is 1.06. The van der Waals surface area contributed by atoms with E-state index < -0.39 is 10.0 Å². The lowest BCUT2D eigenvalue weighted by molar-refractivity contribution is -0.917. The second kappa shape index (κ2) is 8.37. The maximum Gasteiger partial charge on any atom is 0.260 e. The van der Waals surface area contributed by atoms with Gasteiger partial charge in [0.2, 0.25) is 10.0 Å². The predicted molar refractivity (Wildman–Crippen MR) is 126 cm³/mol. The van der Waals surface area contributed by atoms with Crippen LogP contribution < -0.4 is 10.5 Å². The van der Waals surface area contributed by atoms with E-state index in [1.54, 1.807) is 27.8 Å². The van der Waals surface area contributed by atoms with Gasteiger partial charge in [0.05, 0.1) is 36.5 Å². The highest BCUT2D eigenvalue weighted by Gasteiger charge is 2.31. The first-order chi connectivity index (χ1) is 15.3. The molecule has 1 saturated heterocycles. The molecule has 0 amide bonds. The van der Waals surface area contributed by atoms with Gasteiger partial charge < -0.3 is 9.88 Å². The van der Waals surface area contributed by atoms with Crippen molar-refractivity contribution in [2.45, 2.75) is 50.5 Å². The number of aromatic nitrogens is 2. The van der Waals surface area contributed by atoms with Gasteiger partial charge in [-0.15, -0.1) is 11.3 Å². The standard InChI is InChI=1S/C23H28N4O3S2/c1-15(2)16-6-8-17(9-7-16)32(29,30)27-12-10-26(11-13-27)14-20-24-22(28)21-18-4-3-5-19(18)31-23(21)25-20/h6-9,15H,3-5,10-14H2,1-2H3,(H,24,25,28)/p+1. The minimum Gasteiger partial charge on any atom is -0.326 e. The number of H-pyrrole nitrogens is 1. The lowest BCUT2D eigenvalue weighted by Gasteiger charge is -2.31. The summed E-state index contributed by atoms with van der Waals surface area (Å²) >= 11 is 1.65. The lowest BCUT2D eigenvalue weighted by Crippen LogP contribution is -3.13. The number of hydrogen-bond donors (Lipinski definition) is 2. The van der Waals surface area contributed by atoms with Crippen LogP contribution in [0, 0.1) is 0 Å². The third-order valence-electron chi connectivity index (χ3n) is 6.66. The molecule has 1 aromatic carbocycles. The average molecular weight is 474 g/mol. The Bertz CT molecular complexity index is 1300. The zero-order valence-corrected chi connectivity index (χ0v) is 20.1. The van der Waals surface area contributed by atoms with E-state index in [9.17, 15) is 13.2 Å². The number of thiophene rings is 1. The number of rotatable bonds is 5. The number of nitrogens with zero attached hydrogens (tertiary/aromatic N) is 2. The highest BCUT2D eigenvalue weighted by Crippen LogP contribution is 2.34. The highest BCUT2D eigenvalue weighted by atomic mass is 32.2. The summed E-state index contributed by atoms with van der Waals surface area (Å²) < 4.78 is 27.7. The third-order valence-corrected chi connectivity index (χ3v) is 9.75. The fourth-order valence-corrected chi connectivity index (χ4v) is 7.48. The first kappa shape index (κ1) is 21.8. The van der Waals surface area contributed by atoms with E-state index in [2.05, 4.69) is 18.8 Å². The van der Waals surface area contributed by atoms with Crippen molar-refractivity contribution >= 4 is 31.6 Å². The molecule has 0 radical (unpaired) electrons. The van der Waals surface area contributed by atoms with E-state index in [-0.39, 0.29) is 5.56 Å². The molecule has 7 nitrogen and oxygen atoms in total. The van der Waals surface area contributed by atoms with Crippen molar-refractivity contribution in [3.05, 3.63) is 56.4 Å². The van der Waals surface area contributed by atoms with Gasteiger partial charge in [0.15, 0.2) is 5.82 Å². The van der Waals surface area contributed by atoms with Crippen molar-refractivity contribution in [1.82, 2.24) is 14.3 Å². The van der Waals surface area contributed by atoms with Crippen LogP contribution in [0.15, 0.2) is 34.0 Å². The van der Waals surface area contributed by atoms with Crippen LogP contribution in [-0.4, -0.2) is 48.9 Å². The van der Waals surface area contributed by atoms with E-state index >= 15 is 0 Å². The highest BCUT2D eigenvalue weighted by molar-refractivity contribution is 7.89. The van der Waals surface area contributed by atoms with Crippen LogP contribution >= 0.6 is 11.3 Å². The molecule has 0 saturated carbocycles. The van der Waals surface area contributed by atoms with Crippen molar-refractivity contribution in [2.75, 3.05) is 26.2 Å². The van der Waals surface area contributed by atoms with E-state index in [0.29, 0.717) is 49.4 Å². The molecule has 1 fully saturated rings. The van der Waals surface area contributed by atoms with Gasteiger partial charge in [0, 0.05) is 4.88 Å². The summed E-state index contributed by atoms with van der Waals surface area (Å²) in [6, 6.07) is 7.23. The monoisotopic (exact) mass is 473 g/mol. The van der Waals surface area contributed by atoms with Gasteiger partial charge in [-0.3, -0.25) is 4.79 Å². The zero-order valence-electron chi connectivity index (χ0n) is 18.5. The first-order valence-corrected chi connectivity index (χ1v) is 13.6. The Morgan fingerprint density at radius 1 is 1.16 bits per heavy atom. The average Bonchev–Trinajstić information content (AvgIpc) is 3.35. The molecule has 170 valence electrons. The van der Waals surface area contributed by atoms with Crippen molar-refractivity contribution in [2.24, 2.45) is 0 Å². The second-order valence-electron chi connectivity index (χ2n) is 9.10. The molecular weight excluding hydrogens is 444 g/mol. The molecule has 0 atom stereocenters. The molecule has 0 unspecified atom stereocenters. The molecule has 2 aliphatic rings. The molecule has 32 heavy (non-hydrogen) atoms. The Labute approximate surface area is 192 Å². The first-order valence-electron chi connectivity index (χ1n) is 11.3. The normalized spacial score (nSPS) is 18.0. The Kier molecular flexibility index (Phi) is 5.69. The number of quaternary nitrogens is 1. The van der Waals surface area contributed by atoms with Crippen molar-refractivity contribution in [1.29, 1.82) is 0 Å². The summed E-state index contributed by atoms with van der Waals surface area (Å²) in [6.45, 7) is 7.09. The SMILES string of the molecule is CC(C)c1ccc(S(=O)(=O)N2CC[NH+](Cc3nc4sc5c(c4c(=O)[nH]3)CCC5)CC2)cc1. The fourth-order valence-electron chi connectivity index (χ4n) is 4.76. The van der Waals surface area contributed by atoms with E-state index in [1.807, 2.05) is 12.1 Å². The van der Waals surface area contributed by atoms with Crippen LogP contribution in [0.1, 0.15) is 48.0 Å². The topological polar surface area (TPSA) is 87.6 Å². The van der Waals surface area contributed by atoms with Gasteiger partial charge in [0.1, 0.15) is 11.4 Å². The summed E-state index contributed by atoms with van der Waals surface area (Å²) in [7, 11) is -3.49. The zero-order chi connectivity index (χ0) is 22.5. The Morgan fingerprint density at radius 2 is 1.88 bits per heavy atom. The van der Waals surface area contributed by atoms with Gasteiger partial charge in [-0.1, -0.05) is 26.0 Å². The fraction of sp³-hybridized carbons (Fsp3) is 0.478. The molecule has 5 rings (SSSR count). The van der Waals surface area contributed by atoms with Crippen molar-refractivity contribution in [3.8, 4) is 0 Å². The van der Waals surface area contributed by atoms with E-state index in [0.717, 1.165) is 35.0 Å². The van der Waals surface area contributed by atoms with Crippen molar-refractivity contribution in [3.63, 3.8) is 0 Å². The smallest absolute Gasteiger partial charge is 0.260 e. The van der Waals surface area contributed by atoms with Crippen LogP contribution in [0.3, 0.4) is 0 Å².